The molecule has 3 N–H and O–H groups in total. The van der Waals surface area contributed by atoms with Crippen molar-refractivity contribution in [3.8, 4) is 0 Å². The van der Waals surface area contributed by atoms with Crippen LogP contribution in [0.4, 0.5) is 5.82 Å². The molecule has 0 aliphatic heterocycles. The second kappa shape index (κ2) is 3.11. The van der Waals surface area contributed by atoms with Crippen molar-refractivity contribution in [3.63, 3.8) is 0 Å². The van der Waals surface area contributed by atoms with Gasteiger partial charge < -0.3 is 5.43 Å². The van der Waals surface area contributed by atoms with Gasteiger partial charge in [-0.05, 0) is 41.1 Å². The predicted molar refractivity (Wildman–Crippen MR) is 47.3 cm³/mol. The number of aryl methyl sites for hydroxylation is 1. The summed E-state index contributed by atoms with van der Waals surface area (Å²) in [4.78, 5) is 0. The van der Waals surface area contributed by atoms with Crippen molar-refractivity contribution in [2.45, 2.75) is 6.92 Å². The van der Waals surface area contributed by atoms with E-state index in [9.17, 15) is 0 Å². The Labute approximate surface area is 72.3 Å². The molecular weight excluding hydrogens is 243 g/mol. The van der Waals surface area contributed by atoms with Crippen LogP contribution in [0.3, 0.4) is 0 Å². The summed E-state index contributed by atoms with van der Waals surface area (Å²) >= 11 is 2.12. The number of rotatable bonds is 1. The highest BCUT2D eigenvalue weighted by Crippen LogP contribution is 2.09. The van der Waals surface area contributed by atoms with E-state index in [4.69, 9.17) is 5.84 Å². The third-order valence-corrected chi connectivity index (χ3v) is 2.14. The molecule has 0 saturated heterocycles. The van der Waals surface area contributed by atoms with Gasteiger partial charge in [-0.25, -0.2) is 5.84 Å². The summed E-state index contributed by atoms with van der Waals surface area (Å²) in [5.74, 6) is 5.71. The van der Waals surface area contributed by atoms with Crippen LogP contribution in [0, 0.1) is 10.6 Å². The molecule has 1 aromatic heterocycles. The highest BCUT2D eigenvalue weighted by molar-refractivity contribution is 14.1. The van der Waals surface area contributed by atoms with Crippen LogP contribution >= 0.6 is 22.6 Å². The lowest BCUT2D eigenvalue weighted by Crippen LogP contribution is -2.09. The smallest absolute Gasteiger partial charge is 0.162 e. The van der Waals surface area contributed by atoms with Crippen LogP contribution in [0.25, 0.3) is 0 Å². The molecule has 0 bridgehead atoms. The Balaban J connectivity index is 3.04. The van der Waals surface area contributed by atoms with Crippen LogP contribution in [0.1, 0.15) is 5.56 Å². The number of nitrogen functional groups attached to an aromatic ring is 1. The molecule has 1 aromatic rings. The number of hydrogen-bond acceptors (Lipinski definition) is 4. The van der Waals surface area contributed by atoms with E-state index in [1.807, 2.05) is 13.0 Å². The Morgan fingerprint density at radius 2 is 2.30 bits per heavy atom. The van der Waals surface area contributed by atoms with E-state index in [0.717, 1.165) is 9.26 Å². The highest BCUT2D eigenvalue weighted by atomic mass is 127. The van der Waals surface area contributed by atoms with Gasteiger partial charge in [0.05, 0.1) is 0 Å². The van der Waals surface area contributed by atoms with Crippen molar-refractivity contribution < 1.29 is 0 Å². The van der Waals surface area contributed by atoms with Crippen LogP contribution in [-0.2, 0) is 0 Å². The molecule has 1 heterocycles. The van der Waals surface area contributed by atoms with E-state index < -0.39 is 0 Å². The number of hydrogen-bond donors (Lipinski definition) is 2. The Hall–Kier alpha value is -0.430. The molecular formula is C5H7IN4. The van der Waals surface area contributed by atoms with E-state index in [1.165, 1.54) is 0 Å². The van der Waals surface area contributed by atoms with Crippen molar-refractivity contribution in [2.24, 2.45) is 5.84 Å². The molecule has 0 aliphatic carbocycles. The minimum absolute atomic E-state index is 0.595. The maximum atomic E-state index is 5.11. The average molecular weight is 250 g/mol. The number of halogens is 1. The molecule has 0 saturated carbocycles. The number of hydrazine groups is 1. The zero-order chi connectivity index (χ0) is 7.56. The Kier molecular flexibility index (Phi) is 2.39. The lowest BCUT2D eigenvalue weighted by molar-refractivity contribution is 0.978. The first-order valence-corrected chi connectivity index (χ1v) is 3.78. The fourth-order valence-corrected chi connectivity index (χ4v) is 0.804. The molecule has 0 fully saturated rings. The van der Waals surface area contributed by atoms with Crippen molar-refractivity contribution >= 4 is 28.4 Å². The third-order valence-electron chi connectivity index (χ3n) is 1.07. The van der Waals surface area contributed by atoms with Crippen LogP contribution < -0.4 is 11.3 Å². The monoisotopic (exact) mass is 250 g/mol. The van der Waals surface area contributed by atoms with Crippen LogP contribution in [0.15, 0.2) is 6.07 Å². The van der Waals surface area contributed by atoms with Gasteiger partial charge in [0.15, 0.2) is 5.82 Å². The average Bonchev–Trinajstić information content (AvgIpc) is 1.95. The first-order chi connectivity index (χ1) is 4.74. The van der Waals surface area contributed by atoms with Crippen LogP contribution in [-0.4, -0.2) is 10.2 Å². The summed E-state index contributed by atoms with van der Waals surface area (Å²) in [6.07, 6.45) is 0. The quantitative estimate of drug-likeness (QED) is 0.437. The number of nitrogens with two attached hydrogens (primary N) is 1. The van der Waals surface area contributed by atoms with Crippen molar-refractivity contribution in [1.82, 2.24) is 10.2 Å². The van der Waals surface area contributed by atoms with Gasteiger partial charge in [0, 0.05) is 0 Å². The zero-order valence-electron chi connectivity index (χ0n) is 5.43. The zero-order valence-corrected chi connectivity index (χ0v) is 7.58. The summed E-state index contributed by atoms with van der Waals surface area (Å²) < 4.78 is 0.900. The molecule has 10 heavy (non-hydrogen) atoms. The molecule has 1 rings (SSSR count). The summed E-state index contributed by atoms with van der Waals surface area (Å²) in [6.45, 7) is 1.96. The molecule has 0 amide bonds. The number of aromatic nitrogens is 2. The number of nitrogens with one attached hydrogen (secondary N) is 1. The topological polar surface area (TPSA) is 63.8 Å². The Morgan fingerprint density at radius 1 is 1.60 bits per heavy atom. The first-order valence-electron chi connectivity index (χ1n) is 2.70. The molecule has 4 nitrogen and oxygen atoms in total. The molecule has 0 unspecified atom stereocenters. The fraction of sp³-hybridized carbons (Fsp3) is 0.200. The van der Waals surface area contributed by atoms with E-state index in [1.54, 1.807) is 0 Å². The van der Waals surface area contributed by atoms with E-state index in [2.05, 4.69) is 38.2 Å². The van der Waals surface area contributed by atoms with Gasteiger partial charge in [0.1, 0.15) is 3.70 Å². The largest absolute Gasteiger partial charge is 0.307 e. The molecule has 0 spiro atoms. The van der Waals surface area contributed by atoms with Crippen molar-refractivity contribution in [1.29, 1.82) is 0 Å². The second-order valence-corrected chi connectivity index (χ2v) is 2.87. The highest BCUT2D eigenvalue weighted by Gasteiger charge is 1.96. The first kappa shape index (κ1) is 7.67. The Bertz CT molecular complexity index is 237. The maximum Gasteiger partial charge on any atom is 0.162 e. The molecule has 5 heteroatoms. The lowest BCUT2D eigenvalue weighted by atomic mass is 10.3. The summed E-state index contributed by atoms with van der Waals surface area (Å²) in [6, 6.07) is 1.84. The summed E-state index contributed by atoms with van der Waals surface area (Å²) in [7, 11) is 0. The maximum absolute atomic E-state index is 5.11. The fourth-order valence-electron chi connectivity index (χ4n) is 0.541. The molecule has 54 valence electrons. The molecule has 0 aliphatic rings. The van der Waals surface area contributed by atoms with Gasteiger partial charge in [-0.3, -0.25) is 0 Å². The molecule has 0 atom stereocenters. The minimum Gasteiger partial charge on any atom is -0.307 e. The van der Waals surface area contributed by atoms with E-state index in [-0.39, 0.29) is 0 Å². The second-order valence-electron chi connectivity index (χ2n) is 1.85. The normalized spacial score (nSPS) is 9.50. The molecule has 0 aromatic carbocycles. The minimum atomic E-state index is 0.595. The van der Waals surface area contributed by atoms with Crippen LogP contribution in [0.5, 0.6) is 0 Å². The van der Waals surface area contributed by atoms with Gasteiger partial charge in [-0.1, -0.05) is 0 Å². The van der Waals surface area contributed by atoms with Gasteiger partial charge in [-0.2, -0.15) is 0 Å². The van der Waals surface area contributed by atoms with Gasteiger partial charge in [0.2, 0.25) is 0 Å². The Morgan fingerprint density at radius 3 is 2.80 bits per heavy atom. The van der Waals surface area contributed by atoms with Gasteiger partial charge in [0.25, 0.3) is 0 Å². The number of anilines is 1. The third kappa shape index (κ3) is 1.54. The van der Waals surface area contributed by atoms with Crippen molar-refractivity contribution in [3.05, 3.63) is 15.3 Å². The number of nitrogens with zero attached hydrogens (tertiary/aromatic N) is 2. The van der Waals surface area contributed by atoms with E-state index >= 15 is 0 Å². The van der Waals surface area contributed by atoms with Crippen LogP contribution in [0.2, 0.25) is 0 Å². The van der Waals surface area contributed by atoms with Gasteiger partial charge in [-0.15, -0.1) is 10.2 Å². The standard InChI is InChI=1S/C5H7IN4/c1-3-2-4(8-7)9-10-5(3)6/h2H,7H2,1H3,(H,8,9). The van der Waals surface area contributed by atoms with E-state index in [0.29, 0.717) is 5.82 Å². The SMILES string of the molecule is Cc1cc(NN)nnc1I. The predicted octanol–water partition coefficient (Wildman–Crippen LogP) is 0.675. The molecule has 0 radical (unpaired) electrons. The summed E-state index contributed by atoms with van der Waals surface area (Å²) in [5.41, 5.74) is 3.49. The summed E-state index contributed by atoms with van der Waals surface area (Å²) in [5, 5.41) is 7.61. The van der Waals surface area contributed by atoms with Gasteiger partial charge >= 0.3 is 0 Å². The van der Waals surface area contributed by atoms with Crippen molar-refractivity contribution in [2.75, 3.05) is 5.43 Å². The lowest BCUT2D eigenvalue weighted by Gasteiger charge is -1.98.